The molecule has 0 bridgehead atoms. The van der Waals surface area contributed by atoms with Crippen LogP contribution in [0.4, 0.5) is 5.82 Å². The molecule has 0 radical (unpaired) electrons. The number of aromatic nitrogens is 3. The number of hydrogen-bond acceptors (Lipinski definition) is 7. The van der Waals surface area contributed by atoms with Gasteiger partial charge < -0.3 is 20.7 Å². The van der Waals surface area contributed by atoms with E-state index >= 15 is 0 Å². The molecule has 1 saturated heterocycles. The lowest BCUT2D eigenvalue weighted by Crippen LogP contribution is -2.43. The van der Waals surface area contributed by atoms with E-state index in [1.165, 1.54) is 13.1 Å². The van der Waals surface area contributed by atoms with Crippen LogP contribution in [0.25, 0.3) is 0 Å². The molecule has 1 aromatic heterocycles. The normalized spacial score (nSPS) is 32.3. The van der Waals surface area contributed by atoms with Gasteiger partial charge in [0, 0.05) is 5.92 Å². The van der Waals surface area contributed by atoms with Crippen LogP contribution >= 0.6 is 11.6 Å². The molecule has 2 rings (SSSR count). The number of hydrogen-bond donors (Lipinski definition) is 3. The first-order chi connectivity index (χ1) is 10.3. The van der Waals surface area contributed by atoms with Crippen LogP contribution in [0.2, 0.25) is 0 Å². The van der Waals surface area contributed by atoms with Crippen molar-refractivity contribution in [3.8, 4) is 11.8 Å². The number of nitrogen functional groups attached to an aromatic ring is 1. The zero-order valence-corrected chi connectivity index (χ0v) is 12.9. The van der Waals surface area contributed by atoms with E-state index in [4.69, 9.17) is 22.1 Å². The van der Waals surface area contributed by atoms with Gasteiger partial charge in [0.25, 0.3) is 0 Å². The molecule has 0 spiro atoms. The average molecular weight is 329 g/mol. The Labute approximate surface area is 131 Å². The highest BCUT2D eigenvalue weighted by molar-refractivity contribution is 6.26. The first kappa shape index (κ1) is 16.7. The van der Waals surface area contributed by atoms with E-state index in [1.54, 1.807) is 6.92 Å². The Balaban J connectivity index is 2.57. The van der Waals surface area contributed by atoms with Crippen molar-refractivity contribution >= 4 is 17.4 Å². The fraction of sp³-hybridized carbons (Fsp3) is 0.615. The quantitative estimate of drug-likeness (QED) is 0.485. The van der Waals surface area contributed by atoms with Crippen LogP contribution in [0.3, 0.4) is 0 Å². The van der Waals surface area contributed by atoms with Crippen LogP contribution in [-0.2, 0) is 4.74 Å². The number of aliphatic hydroxyl groups excluding tert-OH is 2. The van der Waals surface area contributed by atoms with Gasteiger partial charge >= 0.3 is 5.69 Å². The van der Waals surface area contributed by atoms with Crippen LogP contribution in [0.15, 0.2) is 11.0 Å². The van der Waals surface area contributed by atoms with E-state index in [-0.39, 0.29) is 12.4 Å². The average Bonchev–Trinajstić information content (AvgIpc) is 2.72. The summed E-state index contributed by atoms with van der Waals surface area (Å²) in [5.41, 5.74) is 4.66. The molecular weight excluding hydrogens is 312 g/mol. The first-order valence-electron chi connectivity index (χ1n) is 6.63. The zero-order chi connectivity index (χ0) is 16.5. The van der Waals surface area contributed by atoms with E-state index in [9.17, 15) is 15.0 Å². The predicted molar refractivity (Wildman–Crippen MR) is 78.9 cm³/mol. The fourth-order valence-corrected chi connectivity index (χ4v) is 2.99. The van der Waals surface area contributed by atoms with Gasteiger partial charge in [-0.3, -0.25) is 0 Å². The van der Waals surface area contributed by atoms with E-state index in [2.05, 4.69) is 21.9 Å². The van der Waals surface area contributed by atoms with Crippen molar-refractivity contribution in [3.63, 3.8) is 0 Å². The molecule has 1 aliphatic rings. The minimum atomic E-state index is -1.43. The summed E-state index contributed by atoms with van der Waals surface area (Å²) in [4.78, 5) is 14.1. The van der Waals surface area contributed by atoms with Gasteiger partial charge in [-0.25, -0.2) is 4.79 Å². The van der Waals surface area contributed by atoms with Crippen molar-refractivity contribution in [3.05, 3.63) is 16.7 Å². The molecular formula is C13H17ClN4O4. The zero-order valence-electron chi connectivity index (χ0n) is 12.1. The highest BCUT2D eigenvalue weighted by Gasteiger charge is 2.57. The standard InChI is InChI=1S/C13H17ClN4O4/c1-3-4-13(14)8(6-19)10(7(2)20)22-11(13)18-12(21)17-9(15)5-16-18/h5,7-8,10-11,19-20H,6H2,1-2H3,(H2,15,17,21)/t7-,8?,10-,11-,13?/m1/s1. The van der Waals surface area contributed by atoms with Crippen molar-refractivity contribution in [1.29, 1.82) is 0 Å². The molecule has 0 aromatic carbocycles. The minimum absolute atomic E-state index is 0.0354. The Kier molecular flexibility index (Phi) is 4.72. The molecule has 1 aliphatic heterocycles. The van der Waals surface area contributed by atoms with Crippen molar-refractivity contribution < 1.29 is 14.9 Å². The van der Waals surface area contributed by atoms with Crippen molar-refractivity contribution in [2.45, 2.75) is 37.2 Å². The molecule has 4 N–H and O–H groups in total. The van der Waals surface area contributed by atoms with Gasteiger partial charge in [0.05, 0.1) is 25.0 Å². The number of aliphatic hydroxyl groups is 2. The molecule has 120 valence electrons. The predicted octanol–water partition coefficient (Wildman–Crippen LogP) is -0.892. The number of nitrogens with two attached hydrogens (primary N) is 1. The van der Waals surface area contributed by atoms with Gasteiger partial charge in [0.15, 0.2) is 11.1 Å². The monoisotopic (exact) mass is 328 g/mol. The summed E-state index contributed by atoms with van der Waals surface area (Å²) in [6.07, 6.45) is -1.65. The molecule has 8 nitrogen and oxygen atoms in total. The maximum absolute atomic E-state index is 12.0. The van der Waals surface area contributed by atoms with Crippen LogP contribution in [0.5, 0.6) is 0 Å². The van der Waals surface area contributed by atoms with Gasteiger partial charge in [-0.2, -0.15) is 14.8 Å². The lowest BCUT2D eigenvalue weighted by Gasteiger charge is -2.27. The highest BCUT2D eigenvalue weighted by atomic mass is 35.5. The number of halogens is 1. The van der Waals surface area contributed by atoms with Gasteiger partial charge in [0.1, 0.15) is 5.82 Å². The molecule has 9 heteroatoms. The van der Waals surface area contributed by atoms with Crippen LogP contribution in [-0.4, -0.2) is 48.7 Å². The molecule has 5 atom stereocenters. The van der Waals surface area contributed by atoms with Gasteiger partial charge in [0.2, 0.25) is 0 Å². The smallest absolute Gasteiger partial charge is 0.368 e. The second-order valence-corrected chi connectivity index (χ2v) is 5.66. The van der Waals surface area contributed by atoms with E-state index in [1.807, 2.05) is 0 Å². The molecule has 0 aliphatic carbocycles. The molecule has 22 heavy (non-hydrogen) atoms. The summed E-state index contributed by atoms with van der Waals surface area (Å²) in [6.45, 7) is 2.70. The van der Waals surface area contributed by atoms with Crippen LogP contribution < -0.4 is 11.4 Å². The third kappa shape index (κ3) is 2.68. The minimum Gasteiger partial charge on any atom is -0.396 e. The first-order valence-corrected chi connectivity index (χ1v) is 7.01. The number of anilines is 1. The summed E-state index contributed by atoms with van der Waals surface area (Å²) in [5, 5.41) is 23.4. The lowest BCUT2D eigenvalue weighted by atomic mass is 9.87. The molecule has 0 saturated carbocycles. The molecule has 2 heterocycles. The topological polar surface area (TPSA) is 123 Å². The van der Waals surface area contributed by atoms with Gasteiger partial charge in [-0.15, -0.1) is 5.92 Å². The Morgan fingerprint density at radius 1 is 1.68 bits per heavy atom. The molecule has 2 unspecified atom stereocenters. The third-order valence-electron chi connectivity index (χ3n) is 3.53. The van der Waals surface area contributed by atoms with Crippen LogP contribution in [0, 0.1) is 17.8 Å². The van der Waals surface area contributed by atoms with Crippen LogP contribution in [0.1, 0.15) is 20.1 Å². The largest absolute Gasteiger partial charge is 0.396 e. The Hall–Kier alpha value is -1.66. The van der Waals surface area contributed by atoms with E-state index < -0.39 is 34.9 Å². The summed E-state index contributed by atoms with van der Waals surface area (Å²) in [7, 11) is 0. The van der Waals surface area contributed by atoms with Crippen molar-refractivity contribution in [2.24, 2.45) is 5.92 Å². The third-order valence-corrected chi connectivity index (χ3v) is 4.09. The Bertz CT molecular complexity index is 668. The van der Waals surface area contributed by atoms with E-state index in [0.29, 0.717) is 0 Å². The molecule has 1 aromatic rings. The molecule has 1 fully saturated rings. The van der Waals surface area contributed by atoms with Crippen molar-refractivity contribution in [2.75, 3.05) is 12.3 Å². The number of rotatable bonds is 3. The number of nitrogens with zero attached hydrogens (tertiary/aromatic N) is 3. The number of alkyl halides is 1. The summed E-state index contributed by atoms with van der Waals surface area (Å²) < 4.78 is 6.59. The lowest BCUT2D eigenvalue weighted by molar-refractivity contribution is -0.0729. The Morgan fingerprint density at radius 2 is 2.36 bits per heavy atom. The maximum Gasteiger partial charge on any atom is 0.368 e. The highest BCUT2D eigenvalue weighted by Crippen LogP contribution is 2.47. The fourth-order valence-electron chi connectivity index (χ4n) is 2.56. The van der Waals surface area contributed by atoms with E-state index in [0.717, 1.165) is 4.68 Å². The SMILES string of the molecule is CC#CC1(Cl)C(CO)[C@@H]([C@@H](C)O)O[C@H]1n1ncc(N)nc1=O. The second-order valence-electron chi connectivity index (χ2n) is 5.03. The Morgan fingerprint density at radius 3 is 2.86 bits per heavy atom. The van der Waals surface area contributed by atoms with Crippen molar-refractivity contribution in [1.82, 2.24) is 14.8 Å². The summed E-state index contributed by atoms with van der Waals surface area (Å²) >= 11 is 6.56. The van der Waals surface area contributed by atoms with Gasteiger partial charge in [-0.05, 0) is 13.8 Å². The number of ether oxygens (including phenoxy) is 1. The second kappa shape index (κ2) is 6.22. The van der Waals surface area contributed by atoms with Gasteiger partial charge in [-0.1, -0.05) is 17.5 Å². The molecule has 0 amide bonds. The maximum atomic E-state index is 12.0. The summed E-state index contributed by atoms with van der Waals surface area (Å²) in [5.74, 6) is 4.67. The summed E-state index contributed by atoms with van der Waals surface area (Å²) in [6, 6.07) is 0.